The lowest BCUT2D eigenvalue weighted by atomic mass is 10.1. The fourth-order valence-corrected chi connectivity index (χ4v) is 2.11. The molecule has 2 N–H and O–H groups in total. The van der Waals surface area contributed by atoms with Crippen LogP contribution in [0, 0.1) is 0 Å². The van der Waals surface area contributed by atoms with Gasteiger partial charge >= 0.3 is 0 Å². The van der Waals surface area contributed by atoms with Crippen molar-refractivity contribution < 1.29 is 4.21 Å². The molecule has 1 heterocycles. The van der Waals surface area contributed by atoms with Crippen molar-refractivity contribution in [2.24, 2.45) is 0 Å². The molecule has 76 valence electrons. The van der Waals surface area contributed by atoms with Crippen molar-refractivity contribution in [2.75, 3.05) is 22.3 Å². The molecule has 1 unspecified atom stereocenters. The first-order valence-corrected chi connectivity index (χ1v) is 6.13. The van der Waals surface area contributed by atoms with Crippen LogP contribution in [0.1, 0.15) is 12.5 Å². The van der Waals surface area contributed by atoms with Crippen LogP contribution < -0.4 is 10.0 Å². The van der Waals surface area contributed by atoms with Crippen LogP contribution in [-0.4, -0.2) is 16.5 Å². The highest BCUT2D eigenvalue weighted by Gasteiger charge is 2.10. The molecule has 0 saturated carbocycles. The Bertz CT molecular complexity index is 365. The summed E-state index contributed by atoms with van der Waals surface area (Å²) in [5.41, 5.74) is 3.47. The van der Waals surface area contributed by atoms with Gasteiger partial charge in [-0.25, -0.2) is 4.21 Å². The van der Waals surface area contributed by atoms with Crippen LogP contribution in [0.3, 0.4) is 0 Å². The van der Waals surface area contributed by atoms with E-state index in [2.05, 4.69) is 16.1 Å². The Morgan fingerprint density at radius 2 is 2.43 bits per heavy atom. The van der Waals surface area contributed by atoms with Crippen LogP contribution in [-0.2, 0) is 17.4 Å². The molecule has 3 nitrogen and oxygen atoms in total. The number of benzene rings is 1. The second kappa shape index (κ2) is 4.00. The molecular weight excluding hydrogens is 196 g/mol. The maximum absolute atomic E-state index is 11.3. The molecule has 1 atom stereocenters. The highest BCUT2D eigenvalue weighted by atomic mass is 32.2. The molecule has 0 fully saturated rings. The minimum Gasteiger partial charge on any atom is -0.384 e. The molecular formula is C10H14N2OS. The van der Waals surface area contributed by atoms with E-state index >= 15 is 0 Å². The minimum absolute atomic E-state index is 0.634. The zero-order valence-electron chi connectivity index (χ0n) is 8.17. The van der Waals surface area contributed by atoms with Crippen molar-refractivity contribution in [1.29, 1.82) is 0 Å². The Hall–Kier alpha value is -1.03. The fourth-order valence-electron chi connectivity index (χ4n) is 1.57. The normalized spacial score (nSPS) is 15.8. The molecule has 0 spiro atoms. The van der Waals surface area contributed by atoms with Crippen molar-refractivity contribution in [1.82, 2.24) is 0 Å². The topological polar surface area (TPSA) is 41.1 Å². The van der Waals surface area contributed by atoms with E-state index in [1.165, 1.54) is 11.3 Å². The average molecular weight is 210 g/mol. The summed E-state index contributed by atoms with van der Waals surface area (Å²) >= 11 is 0. The number of hydrogen-bond acceptors (Lipinski definition) is 2. The largest absolute Gasteiger partial charge is 0.384 e. The number of hydrogen-bond donors (Lipinski definition) is 2. The van der Waals surface area contributed by atoms with Gasteiger partial charge in [0, 0.05) is 23.7 Å². The van der Waals surface area contributed by atoms with Crippen LogP contribution in [0.2, 0.25) is 0 Å². The number of fused-ring (bicyclic) bond motifs is 1. The summed E-state index contributed by atoms with van der Waals surface area (Å²) in [4.78, 5) is 0. The highest BCUT2D eigenvalue weighted by molar-refractivity contribution is 7.86. The first kappa shape index (κ1) is 9.52. The summed E-state index contributed by atoms with van der Waals surface area (Å²) in [7, 11) is -0.945. The summed E-state index contributed by atoms with van der Waals surface area (Å²) in [6, 6.07) is 6.07. The first-order valence-electron chi connectivity index (χ1n) is 4.81. The predicted molar refractivity (Wildman–Crippen MR) is 60.9 cm³/mol. The molecule has 1 aliphatic heterocycles. The molecule has 4 heteroatoms. The van der Waals surface area contributed by atoms with Crippen molar-refractivity contribution >= 4 is 22.4 Å². The van der Waals surface area contributed by atoms with Gasteiger partial charge in [-0.05, 0) is 30.2 Å². The monoisotopic (exact) mass is 210 g/mol. The predicted octanol–water partition coefficient (Wildman–Crippen LogP) is 1.75. The Balaban J connectivity index is 2.16. The SMILES string of the molecule is CCS(=O)Nc1ccc2c(c1)CCN2. The number of anilines is 2. The lowest BCUT2D eigenvalue weighted by Gasteiger charge is -2.06. The van der Waals surface area contributed by atoms with Gasteiger partial charge in [-0.15, -0.1) is 0 Å². The van der Waals surface area contributed by atoms with Crippen molar-refractivity contribution in [2.45, 2.75) is 13.3 Å². The second-order valence-electron chi connectivity index (χ2n) is 3.28. The van der Waals surface area contributed by atoms with Gasteiger partial charge in [-0.2, -0.15) is 0 Å². The van der Waals surface area contributed by atoms with Gasteiger partial charge in [-0.1, -0.05) is 6.92 Å². The summed E-state index contributed by atoms with van der Waals surface area (Å²) in [5, 5.41) is 3.29. The van der Waals surface area contributed by atoms with Crippen LogP contribution in [0.5, 0.6) is 0 Å². The second-order valence-corrected chi connectivity index (χ2v) is 4.76. The molecule has 1 aromatic carbocycles. The van der Waals surface area contributed by atoms with Gasteiger partial charge < -0.3 is 10.0 Å². The number of nitrogens with one attached hydrogen (secondary N) is 2. The molecule has 2 rings (SSSR count). The zero-order chi connectivity index (χ0) is 9.97. The third-order valence-electron chi connectivity index (χ3n) is 2.31. The summed E-state index contributed by atoms with van der Waals surface area (Å²) in [5.74, 6) is 0.634. The fraction of sp³-hybridized carbons (Fsp3) is 0.400. The van der Waals surface area contributed by atoms with Crippen molar-refractivity contribution in [3.63, 3.8) is 0 Å². The highest BCUT2D eigenvalue weighted by Crippen LogP contribution is 2.25. The molecule has 0 radical (unpaired) electrons. The maximum Gasteiger partial charge on any atom is 0.116 e. The van der Waals surface area contributed by atoms with E-state index in [4.69, 9.17) is 0 Å². The van der Waals surface area contributed by atoms with Gasteiger partial charge in [0.25, 0.3) is 0 Å². The van der Waals surface area contributed by atoms with Gasteiger partial charge in [0.05, 0.1) is 0 Å². The van der Waals surface area contributed by atoms with E-state index in [-0.39, 0.29) is 0 Å². The van der Waals surface area contributed by atoms with Crippen LogP contribution in [0.25, 0.3) is 0 Å². The Labute approximate surface area is 86.5 Å². The quantitative estimate of drug-likeness (QED) is 0.798. The Morgan fingerprint density at radius 1 is 1.57 bits per heavy atom. The van der Waals surface area contributed by atoms with E-state index in [0.717, 1.165) is 18.7 Å². The van der Waals surface area contributed by atoms with E-state index in [9.17, 15) is 4.21 Å². The molecule has 0 aromatic heterocycles. The van der Waals surface area contributed by atoms with Gasteiger partial charge in [0.1, 0.15) is 11.0 Å². The summed E-state index contributed by atoms with van der Waals surface area (Å²) in [6.45, 7) is 2.91. The van der Waals surface area contributed by atoms with Crippen molar-refractivity contribution in [3.8, 4) is 0 Å². The average Bonchev–Trinajstić information content (AvgIpc) is 2.64. The van der Waals surface area contributed by atoms with Crippen molar-refractivity contribution in [3.05, 3.63) is 23.8 Å². The molecule has 0 saturated heterocycles. The standard InChI is InChI=1S/C10H14N2OS/c1-2-14(13)12-9-3-4-10-8(7-9)5-6-11-10/h3-4,7,11-12H,2,5-6H2,1H3. The maximum atomic E-state index is 11.3. The molecule has 0 amide bonds. The molecule has 14 heavy (non-hydrogen) atoms. The molecule has 1 aromatic rings. The van der Waals surface area contributed by atoms with Gasteiger partial charge in [-0.3, -0.25) is 0 Å². The van der Waals surface area contributed by atoms with Gasteiger partial charge in [0.15, 0.2) is 0 Å². The van der Waals surface area contributed by atoms with E-state index in [1.54, 1.807) is 0 Å². The smallest absolute Gasteiger partial charge is 0.116 e. The van der Waals surface area contributed by atoms with E-state index in [1.807, 2.05) is 19.1 Å². The van der Waals surface area contributed by atoms with Gasteiger partial charge in [0.2, 0.25) is 0 Å². The molecule has 1 aliphatic rings. The third-order valence-corrected chi connectivity index (χ3v) is 3.30. The first-order chi connectivity index (χ1) is 6.79. The Morgan fingerprint density at radius 3 is 3.21 bits per heavy atom. The van der Waals surface area contributed by atoms with E-state index < -0.39 is 11.0 Å². The lowest BCUT2D eigenvalue weighted by Crippen LogP contribution is -2.06. The summed E-state index contributed by atoms with van der Waals surface area (Å²) < 4.78 is 14.2. The molecule has 0 bridgehead atoms. The van der Waals surface area contributed by atoms with Crippen LogP contribution in [0.4, 0.5) is 11.4 Å². The molecule has 0 aliphatic carbocycles. The lowest BCUT2D eigenvalue weighted by molar-refractivity contribution is 0.687. The van der Waals surface area contributed by atoms with Crippen LogP contribution >= 0.6 is 0 Å². The van der Waals surface area contributed by atoms with Crippen LogP contribution in [0.15, 0.2) is 18.2 Å². The third kappa shape index (κ3) is 1.90. The minimum atomic E-state index is -0.945. The Kier molecular flexibility index (Phi) is 2.72. The van der Waals surface area contributed by atoms with E-state index in [0.29, 0.717) is 5.75 Å². The number of rotatable bonds is 3. The zero-order valence-corrected chi connectivity index (χ0v) is 8.99. The summed E-state index contributed by atoms with van der Waals surface area (Å²) in [6.07, 6.45) is 1.06.